The van der Waals surface area contributed by atoms with E-state index < -0.39 is 0 Å². The smallest absolute Gasteiger partial charge is 0.159 e. The predicted molar refractivity (Wildman–Crippen MR) is 234 cm³/mol. The molecule has 4 heterocycles. The van der Waals surface area contributed by atoms with E-state index in [1.807, 2.05) is 42.5 Å². The molecule has 3 aromatic heterocycles. The second-order valence-corrected chi connectivity index (χ2v) is 14.6. The lowest BCUT2D eigenvalue weighted by atomic mass is 10.0. The van der Waals surface area contributed by atoms with Crippen molar-refractivity contribution in [3.05, 3.63) is 205 Å². The molecule has 0 spiro atoms. The molecule has 0 saturated heterocycles. The van der Waals surface area contributed by atoms with Gasteiger partial charge in [-0.05, 0) is 60.2 Å². The predicted octanol–water partition coefficient (Wildman–Crippen LogP) is 12.3. The van der Waals surface area contributed by atoms with E-state index in [4.69, 9.17) is 14.4 Å². The van der Waals surface area contributed by atoms with Gasteiger partial charge in [0.15, 0.2) is 5.84 Å². The van der Waals surface area contributed by atoms with Crippen molar-refractivity contribution in [2.45, 2.75) is 6.17 Å². The Labute approximate surface area is 327 Å². The number of rotatable bonds is 5. The second kappa shape index (κ2) is 12.4. The number of furan rings is 1. The molecule has 0 aliphatic carbocycles. The molecule has 1 N–H and O–H groups in total. The van der Waals surface area contributed by atoms with Gasteiger partial charge in [0.25, 0.3) is 0 Å². The van der Waals surface area contributed by atoms with Gasteiger partial charge >= 0.3 is 0 Å². The SMILES string of the molecule is c1ccc(C2=NC(c3ccc(-n4c5ccccc5c5c6c7cc8c(cc7n(-c7ccccc7)c6ccc54)oc4ccccc48)cc3)NC(c3ccccc3)=N2)cc1. The highest BCUT2D eigenvalue weighted by Gasteiger charge is 2.24. The highest BCUT2D eigenvalue weighted by atomic mass is 16.3. The summed E-state index contributed by atoms with van der Waals surface area (Å²) in [5.41, 5.74) is 11.6. The van der Waals surface area contributed by atoms with E-state index in [0.29, 0.717) is 5.84 Å². The van der Waals surface area contributed by atoms with Crippen LogP contribution >= 0.6 is 0 Å². The van der Waals surface area contributed by atoms with Crippen LogP contribution in [0.1, 0.15) is 22.9 Å². The van der Waals surface area contributed by atoms with E-state index in [9.17, 15) is 0 Å². The minimum atomic E-state index is -0.306. The van der Waals surface area contributed by atoms with Gasteiger partial charge < -0.3 is 18.9 Å². The lowest BCUT2D eigenvalue weighted by Gasteiger charge is -2.24. The van der Waals surface area contributed by atoms with Gasteiger partial charge in [-0.3, -0.25) is 0 Å². The molecule has 268 valence electrons. The summed E-state index contributed by atoms with van der Waals surface area (Å²) in [6, 6.07) is 66.1. The Hall–Kier alpha value is -7.70. The number of aromatic nitrogens is 2. The molecule has 11 aromatic rings. The van der Waals surface area contributed by atoms with Crippen LogP contribution in [-0.2, 0) is 0 Å². The number of amidine groups is 2. The number of nitrogens with zero attached hydrogens (tertiary/aromatic N) is 4. The molecule has 0 amide bonds. The minimum Gasteiger partial charge on any atom is -0.456 e. The van der Waals surface area contributed by atoms with Gasteiger partial charge in [0.05, 0.1) is 22.1 Å². The summed E-state index contributed by atoms with van der Waals surface area (Å²) in [5, 5.41) is 10.7. The fourth-order valence-electron chi connectivity index (χ4n) is 8.80. The molecule has 1 atom stereocenters. The summed E-state index contributed by atoms with van der Waals surface area (Å²) in [7, 11) is 0. The number of hydrogen-bond acceptors (Lipinski definition) is 4. The number of hydrogen-bond donors (Lipinski definition) is 1. The Morgan fingerprint density at radius 2 is 1.04 bits per heavy atom. The van der Waals surface area contributed by atoms with Crippen LogP contribution in [0.3, 0.4) is 0 Å². The fourth-order valence-corrected chi connectivity index (χ4v) is 8.80. The number of fused-ring (bicyclic) bond motifs is 10. The van der Waals surface area contributed by atoms with Gasteiger partial charge in [-0.2, -0.15) is 0 Å². The number of benzene rings is 8. The third-order valence-electron chi connectivity index (χ3n) is 11.4. The van der Waals surface area contributed by atoms with Crippen molar-refractivity contribution in [2.24, 2.45) is 9.98 Å². The maximum absolute atomic E-state index is 6.44. The molecule has 6 heteroatoms. The molecule has 1 unspecified atom stereocenters. The number of nitrogens with one attached hydrogen (secondary N) is 1. The zero-order valence-electron chi connectivity index (χ0n) is 30.7. The Morgan fingerprint density at radius 1 is 0.439 bits per heavy atom. The molecule has 0 radical (unpaired) electrons. The normalized spacial score (nSPS) is 14.5. The Bertz CT molecular complexity index is 3410. The first-order valence-electron chi connectivity index (χ1n) is 19.3. The Morgan fingerprint density at radius 3 is 1.79 bits per heavy atom. The van der Waals surface area contributed by atoms with Gasteiger partial charge in [-0.25, -0.2) is 9.98 Å². The quantitative estimate of drug-likeness (QED) is 0.192. The summed E-state index contributed by atoms with van der Waals surface area (Å²) >= 11 is 0. The lowest BCUT2D eigenvalue weighted by Crippen LogP contribution is -2.33. The van der Waals surface area contributed by atoms with E-state index in [1.54, 1.807) is 0 Å². The van der Waals surface area contributed by atoms with Crippen molar-refractivity contribution >= 4 is 77.2 Å². The molecule has 0 saturated carbocycles. The van der Waals surface area contributed by atoms with Gasteiger partial charge in [0.2, 0.25) is 0 Å². The van der Waals surface area contributed by atoms with Crippen molar-refractivity contribution in [2.75, 3.05) is 0 Å². The van der Waals surface area contributed by atoms with Crippen molar-refractivity contribution in [3.63, 3.8) is 0 Å². The van der Waals surface area contributed by atoms with Crippen LogP contribution in [0, 0.1) is 0 Å². The van der Waals surface area contributed by atoms with E-state index >= 15 is 0 Å². The first-order chi connectivity index (χ1) is 28.3. The largest absolute Gasteiger partial charge is 0.456 e. The molecule has 57 heavy (non-hydrogen) atoms. The van der Waals surface area contributed by atoms with Crippen molar-refractivity contribution in [3.8, 4) is 11.4 Å². The first-order valence-corrected chi connectivity index (χ1v) is 19.3. The zero-order chi connectivity index (χ0) is 37.5. The summed E-state index contributed by atoms with van der Waals surface area (Å²) < 4.78 is 11.2. The van der Waals surface area contributed by atoms with Gasteiger partial charge in [0, 0.05) is 60.9 Å². The van der Waals surface area contributed by atoms with Crippen LogP contribution in [0.2, 0.25) is 0 Å². The maximum atomic E-state index is 6.44. The molecular formula is C51H33N5O. The maximum Gasteiger partial charge on any atom is 0.159 e. The molecule has 0 bridgehead atoms. The molecule has 8 aromatic carbocycles. The molecule has 0 fully saturated rings. The van der Waals surface area contributed by atoms with Crippen molar-refractivity contribution in [1.82, 2.24) is 14.5 Å². The van der Waals surface area contributed by atoms with Gasteiger partial charge in [-0.1, -0.05) is 127 Å². The first kappa shape index (κ1) is 31.6. The lowest BCUT2D eigenvalue weighted by molar-refractivity contribution is 0.669. The molecule has 1 aliphatic heterocycles. The van der Waals surface area contributed by atoms with Crippen LogP contribution in [-0.4, -0.2) is 20.8 Å². The standard InChI is InChI=1S/C51H33N5O/c1-4-14-32(15-5-1)49-52-50(33-16-6-2-7-17-33)54-51(53-49)34-24-26-36(27-25-34)55-41-22-12-10-21-38(41)47-42(55)28-29-43-48(47)40-30-39-37-20-11-13-23-45(37)57-46(39)31-44(40)56(43)35-18-8-3-9-19-35/h1-31,51H,(H,52,53,54). The minimum absolute atomic E-state index is 0.306. The van der Waals surface area contributed by atoms with Crippen LogP contribution in [0.25, 0.3) is 76.9 Å². The van der Waals surface area contributed by atoms with Crippen molar-refractivity contribution < 1.29 is 4.42 Å². The fraction of sp³-hybridized carbons (Fsp3) is 0.0196. The highest BCUT2D eigenvalue weighted by molar-refractivity contribution is 6.30. The van der Waals surface area contributed by atoms with Gasteiger partial charge in [0.1, 0.15) is 23.2 Å². The monoisotopic (exact) mass is 731 g/mol. The van der Waals surface area contributed by atoms with Crippen LogP contribution in [0.5, 0.6) is 0 Å². The number of aliphatic imine (C=N–C) groups is 2. The van der Waals surface area contributed by atoms with E-state index in [2.05, 4.69) is 160 Å². The van der Waals surface area contributed by atoms with Crippen molar-refractivity contribution in [1.29, 1.82) is 0 Å². The topological polar surface area (TPSA) is 59.8 Å². The second-order valence-electron chi connectivity index (χ2n) is 14.6. The van der Waals surface area contributed by atoms with Crippen LogP contribution in [0.4, 0.5) is 0 Å². The Balaban J connectivity index is 1.05. The third kappa shape index (κ3) is 4.90. The van der Waals surface area contributed by atoms with E-state index in [1.165, 1.54) is 21.5 Å². The molecule has 1 aliphatic rings. The molecule has 6 nitrogen and oxygen atoms in total. The van der Waals surface area contributed by atoms with Gasteiger partial charge in [-0.15, -0.1) is 0 Å². The Kier molecular flexibility index (Phi) is 6.89. The summed E-state index contributed by atoms with van der Waals surface area (Å²) in [6.07, 6.45) is -0.306. The molecular weight excluding hydrogens is 699 g/mol. The van der Waals surface area contributed by atoms with E-state index in [0.717, 1.165) is 77.9 Å². The van der Waals surface area contributed by atoms with Crippen LogP contribution < -0.4 is 5.32 Å². The third-order valence-corrected chi connectivity index (χ3v) is 11.4. The summed E-state index contributed by atoms with van der Waals surface area (Å²) in [6.45, 7) is 0. The summed E-state index contributed by atoms with van der Waals surface area (Å²) in [4.78, 5) is 10.1. The average Bonchev–Trinajstić information content (AvgIpc) is 3.93. The zero-order valence-corrected chi connectivity index (χ0v) is 30.7. The summed E-state index contributed by atoms with van der Waals surface area (Å²) in [5.74, 6) is 1.52. The molecule has 12 rings (SSSR count). The highest BCUT2D eigenvalue weighted by Crippen LogP contribution is 2.44. The average molecular weight is 732 g/mol. The van der Waals surface area contributed by atoms with Crippen LogP contribution in [0.15, 0.2) is 202 Å². The van der Waals surface area contributed by atoms with E-state index in [-0.39, 0.29) is 6.17 Å². The number of para-hydroxylation sites is 3.